The number of nitrogens with zero attached hydrogens (tertiary/aromatic N) is 6. The van der Waals surface area contributed by atoms with E-state index < -0.39 is 17.9 Å². The Labute approximate surface area is 848 Å². The number of phenolic OH excluding ortho intramolecular Hbond substituents is 4. The quantitative estimate of drug-likeness (QED) is 0.120. The number of halogens is 7. The van der Waals surface area contributed by atoms with Crippen LogP contribution in [-0.4, -0.2) is 158 Å². The predicted molar refractivity (Wildman–Crippen MR) is 525 cm³/mol. The first-order valence-electron chi connectivity index (χ1n) is 49.1. The van der Waals surface area contributed by atoms with Crippen LogP contribution in [0.3, 0.4) is 0 Å². The van der Waals surface area contributed by atoms with Gasteiger partial charge in [0.05, 0.1) is 43.5 Å². The Bertz CT molecular complexity index is 7030. The zero-order valence-electron chi connectivity index (χ0n) is 79.9. The van der Waals surface area contributed by atoms with Crippen molar-refractivity contribution >= 4 is 34.8 Å². The van der Waals surface area contributed by atoms with Gasteiger partial charge in [-0.05, 0) is 328 Å². The first-order valence-corrected chi connectivity index (χ1v) is 50.2. The summed E-state index contributed by atoms with van der Waals surface area (Å²) in [5, 5.41) is 41.2. The van der Waals surface area contributed by atoms with E-state index in [9.17, 15) is 38.0 Å². The lowest BCUT2D eigenvalue weighted by atomic mass is 9.83. The van der Waals surface area contributed by atoms with Crippen LogP contribution in [0.5, 0.6) is 115 Å². The molecule has 6 atom stereocenters. The highest BCUT2D eigenvalue weighted by Gasteiger charge is 2.48. The Morgan fingerprint density at radius 3 is 0.910 bits per heavy atom. The number of rotatable bonds is 4. The van der Waals surface area contributed by atoms with Crippen LogP contribution < -0.4 is 75.8 Å². The number of methoxy groups -OCH3 is 4. The highest BCUT2D eigenvalue weighted by molar-refractivity contribution is 6.33. The standard InChI is InChI=1S/C19H16ClNO4.C19H20ClNO3.C19H15F2NO4.C19H20FNO3.C18H16ClNO3.C18H16FNO3/c20-18-13-5-14-12-6-16-15(22-8-23-16)3-10(12)1-2-21(14)7-11(13)4-17-19(18)25-9-24-17;1-23-18-3-4-19(24-2)14-10-21-6-5-11-7-15(20)17(22)9-12(11)16(21)8-13(14)18;20-19(21)25-17-5-11-3-14-13-7-16-15(23-9-24-16)4-10(13)1-2-22(14)8-12(11)6-18(17)26-19;1-23-18-3-4-19(24-2)14-10-21-6-5-11-7-15(20)17(22)9-12(11)16(21)8-13(14)18;2*19-14-3-10-1-2-20-8-12-6-18-17(22-9-23-18)5-11(12)4-15(20)13(10)7-16(14)21/h3-4,6,14H,1-2,5,7-9H2;3-4,7,9,16,22H,5-6,8,10H2,1-2H3;4-7,14H,1-3,8-9H2;3-4,7,9,16,22H,5-6,8,10H2,1-2H3;2*3,5-7,15,21H,1-2,4,8-9H2/t14-;16-;14-;16-;2*15-/m000000/s1. The van der Waals surface area contributed by atoms with E-state index in [-0.39, 0.29) is 85.1 Å². The van der Waals surface area contributed by atoms with Crippen molar-refractivity contribution < 1.29 is 114 Å². The van der Waals surface area contributed by atoms with E-state index in [1.807, 2.05) is 48.5 Å². The van der Waals surface area contributed by atoms with Crippen LogP contribution in [0, 0.1) is 11.6 Å². The molecule has 0 bridgehead atoms. The lowest BCUT2D eigenvalue weighted by Crippen LogP contribution is -2.39. The molecule has 12 aromatic rings. The van der Waals surface area contributed by atoms with Gasteiger partial charge in [0.15, 0.2) is 92.1 Å². The molecule has 0 fully saturated rings. The van der Waals surface area contributed by atoms with E-state index in [0.717, 1.165) is 268 Å². The minimum Gasteiger partial charge on any atom is -0.506 e. The number of hydrogen-bond donors (Lipinski definition) is 4. The molecule has 0 saturated carbocycles. The van der Waals surface area contributed by atoms with Crippen LogP contribution in [0.4, 0.5) is 17.6 Å². The van der Waals surface area contributed by atoms with E-state index in [2.05, 4.69) is 93.5 Å². The first-order chi connectivity index (χ1) is 70.4. The minimum absolute atomic E-state index is 0.115. The van der Waals surface area contributed by atoms with Gasteiger partial charge >= 0.3 is 6.29 Å². The van der Waals surface area contributed by atoms with Gasteiger partial charge < -0.3 is 96.2 Å². The molecule has 18 aliphatic heterocycles. The maximum Gasteiger partial charge on any atom is 0.586 e. The second-order valence-corrected chi connectivity index (χ2v) is 40.8. The molecule has 18 aliphatic rings. The molecule has 18 heterocycles. The van der Waals surface area contributed by atoms with Crippen LogP contribution in [0.25, 0.3) is 0 Å². The summed E-state index contributed by atoms with van der Waals surface area (Å²) in [6.07, 6.45) is 6.83. The molecular formula is C112H103Cl3F4N6O20. The molecule has 33 heteroatoms. The topological polar surface area (TPSA) is 248 Å². The predicted octanol–water partition coefficient (Wildman–Crippen LogP) is 20.1. The Morgan fingerprint density at radius 2 is 0.538 bits per heavy atom. The fourth-order valence-corrected chi connectivity index (χ4v) is 25.6. The summed E-state index contributed by atoms with van der Waals surface area (Å²) in [5.74, 6) is 10.5. The van der Waals surface area contributed by atoms with Gasteiger partial charge in [-0.25, -0.2) is 8.78 Å². The molecule has 750 valence electrons. The molecule has 0 unspecified atom stereocenters. The lowest BCUT2D eigenvalue weighted by molar-refractivity contribution is -0.286. The van der Waals surface area contributed by atoms with Crippen LogP contribution >= 0.6 is 34.8 Å². The van der Waals surface area contributed by atoms with Gasteiger partial charge in [-0.3, -0.25) is 29.4 Å². The maximum atomic E-state index is 13.7. The SMILES string of the molecule is COc1ccc(OC)c2c1C[C@H]1c3cc(O)c(Cl)cc3CCN1C2.COc1ccc(OC)c2c1C[C@H]1c3cc(O)c(F)cc3CCN1C2.Clc1c2c(cc3c1OCO3)CN1CCc3cc4c(cc3[C@@H]1C2)OCO4.FC1(F)Oc2cc3c(cc2O1)CN1CCc2cc4c(cc2[C@@H]1C3)OCO4.Oc1cc2c(cc1Cl)CCN1Cc3cc4c(cc3C[C@@H]21)OCO4.Oc1cc2c(cc1F)CCN1Cc3cc4c(cc3C[C@@H]21)OCO4. The molecule has 0 spiro atoms. The van der Waals surface area contributed by atoms with Gasteiger partial charge in [0.1, 0.15) is 34.5 Å². The molecule has 0 saturated heterocycles. The number of benzene rings is 12. The summed E-state index contributed by atoms with van der Waals surface area (Å²) in [4.78, 5) is 14.6. The third-order valence-corrected chi connectivity index (χ3v) is 33.0. The Kier molecular flexibility index (Phi) is 23.9. The second kappa shape index (κ2) is 37.2. The maximum absolute atomic E-state index is 13.7. The third kappa shape index (κ3) is 16.9. The number of phenols is 4. The molecule has 4 N–H and O–H groups in total. The Hall–Kier alpha value is -13.0. The molecule has 12 aromatic carbocycles. The zero-order valence-corrected chi connectivity index (χ0v) is 82.2. The Balaban J connectivity index is 0.0000000910. The molecule has 26 nitrogen and oxygen atoms in total. The van der Waals surface area contributed by atoms with E-state index in [1.54, 1.807) is 52.7 Å². The van der Waals surface area contributed by atoms with Crippen molar-refractivity contribution in [2.24, 2.45) is 0 Å². The Morgan fingerprint density at radius 1 is 0.276 bits per heavy atom. The number of alkyl halides is 2. The van der Waals surface area contributed by atoms with Crippen molar-refractivity contribution in [2.45, 2.75) is 159 Å². The number of hydrogen-bond acceptors (Lipinski definition) is 26. The zero-order chi connectivity index (χ0) is 98.8. The van der Waals surface area contributed by atoms with Crippen LogP contribution in [0.1, 0.15) is 170 Å². The van der Waals surface area contributed by atoms with Crippen molar-refractivity contribution in [3.05, 3.63) is 300 Å². The largest absolute Gasteiger partial charge is 0.586 e. The fraction of sp³-hybridized carbons (Fsp3) is 0.357. The third-order valence-electron chi connectivity index (χ3n) is 32.0. The van der Waals surface area contributed by atoms with Crippen molar-refractivity contribution in [1.82, 2.24) is 29.4 Å². The molecule has 0 aliphatic carbocycles. The van der Waals surface area contributed by atoms with E-state index in [1.165, 1.54) is 101 Å². The van der Waals surface area contributed by atoms with Gasteiger partial charge in [-0.15, -0.1) is 8.78 Å². The van der Waals surface area contributed by atoms with E-state index >= 15 is 0 Å². The molecule has 30 rings (SSSR count). The van der Waals surface area contributed by atoms with Gasteiger partial charge in [-0.2, -0.15) is 0 Å². The van der Waals surface area contributed by atoms with Gasteiger partial charge in [-0.1, -0.05) is 34.8 Å². The van der Waals surface area contributed by atoms with Gasteiger partial charge in [0.2, 0.25) is 34.0 Å². The summed E-state index contributed by atoms with van der Waals surface area (Å²) in [5.41, 5.74) is 28.3. The van der Waals surface area contributed by atoms with Crippen LogP contribution in [-0.2, 0) is 116 Å². The van der Waals surface area contributed by atoms with Crippen molar-refractivity contribution in [1.29, 1.82) is 0 Å². The van der Waals surface area contributed by atoms with Crippen LogP contribution in [0.15, 0.2) is 140 Å². The average Bonchev–Trinajstić information content (AvgIpc) is 1.22. The highest BCUT2D eigenvalue weighted by Crippen LogP contribution is 2.56. The van der Waals surface area contributed by atoms with Crippen molar-refractivity contribution in [3.63, 3.8) is 0 Å². The first kappa shape index (κ1) is 93.1. The van der Waals surface area contributed by atoms with Crippen molar-refractivity contribution in [3.8, 4) is 115 Å². The van der Waals surface area contributed by atoms with E-state index in [4.69, 9.17) is 101 Å². The normalized spacial score (nSPS) is 21.3. The smallest absolute Gasteiger partial charge is 0.506 e. The van der Waals surface area contributed by atoms with Crippen molar-refractivity contribution in [2.75, 3.05) is 102 Å². The summed E-state index contributed by atoms with van der Waals surface area (Å²) >= 11 is 18.8. The van der Waals surface area contributed by atoms with Gasteiger partial charge in [0.25, 0.3) is 0 Å². The highest BCUT2D eigenvalue weighted by atomic mass is 35.5. The number of ether oxygens (including phenoxy) is 16. The number of fused-ring (bicyclic) bond motifs is 30. The molecule has 145 heavy (non-hydrogen) atoms. The summed E-state index contributed by atoms with van der Waals surface area (Å²) in [7, 11) is 6.76. The van der Waals surface area contributed by atoms with Crippen LogP contribution in [0.2, 0.25) is 15.1 Å². The monoisotopic (exact) mass is 2030 g/mol. The summed E-state index contributed by atoms with van der Waals surface area (Å²) < 4.78 is 141. The van der Waals surface area contributed by atoms with E-state index in [0.29, 0.717) is 47.0 Å². The second-order valence-electron chi connectivity index (χ2n) is 39.6. The summed E-state index contributed by atoms with van der Waals surface area (Å²) in [6.45, 7) is 12.0. The minimum atomic E-state index is -3.58. The molecule has 0 aromatic heterocycles. The molecular weight excluding hydrogens is 1930 g/mol. The summed E-state index contributed by atoms with van der Waals surface area (Å²) in [6, 6.07) is 45.0. The number of aromatic hydroxyl groups is 4. The molecule has 0 amide bonds. The average molecular weight is 2040 g/mol. The van der Waals surface area contributed by atoms with Gasteiger partial charge in [0, 0.05) is 137 Å². The lowest BCUT2D eigenvalue weighted by Gasteiger charge is -2.42. The molecule has 0 radical (unpaired) electrons. The fourth-order valence-electron chi connectivity index (χ4n) is 24.8.